The first-order chi connectivity index (χ1) is 16.0. The van der Waals surface area contributed by atoms with Crippen LogP contribution in [0.2, 0.25) is 0 Å². The van der Waals surface area contributed by atoms with Gasteiger partial charge in [0.15, 0.2) is 0 Å². The lowest BCUT2D eigenvalue weighted by atomic mass is 9.97. The molecule has 5 nitrogen and oxygen atoms in total. The Morgan fingerprint density at radius 3 is 2.32 bits per heavy atom. The van der Waals surface area contributed by atoms with Gasteiger partial charge >= 0.3 is 6.18 Å². The van der Waals surface area contributed by atoms with Gasteiger partial charge in [0.2, 0.25) is 0 Å². The minimum absolute atomic E-state index is 0.224. The topological polar surface area (TPSA) is 67.8 Å². The molecule has 2 heterocycles. The summed E-state index contributed by atoms with van der Waals surface area (Å²) in [5.41, 5.74) is -1.47. The Labute approximate surface area is 200 Å². The predicted molar refractivity (Wildman–Crippen MR) is 117 cm³/mol. The van der Waals surface area contributed by atoms with Gasteiger partial charge in [-0.25, -0.2) is 8.78 Å². The summed E-state index contributed by atoms with van der Waals surface area (Å²) in [6.07, 6.45) is -0.0410. The van der Waals surface area contributed by atoms with Crippen LogP contribution >= 0.6 is 15.9 Å². The molecule has 1 aliphatic carbocycles. The van der Waals surface area contributed by atoms with E-state index in [9.17, 15) is 26.7 Å². The summed E-state index contributed by atoms with van der Waals surface area (Å²) in [5, 5.41) is 2.55. The molecule has 1 fully saturated rings. The average Bonchev–Trinajstić information content (AvgIpc) is 3.65. The highest BCUT2D eigenvalue weighted by Crippen LogP contribution is 2.50. The molecule has 1 aromatic carbocycles. The zero-order valence-electron chi connectivity index (χ0n) is 17.7. The Balaban J connectivity index is 1.65. The minimum atomic E-state index is -4.89. The van der Waals surface area contributed by atoms with Gasteiger partial charge in [-0.05, 0) is 66.0 Å². The minimum Gasteiger partial charge on any atom is -0.344 e. The highest BCUT2D eigenvalue weighted by atomic mass is 79.9. The van der Waals surface area contributed by atoms with Crippen LogP contribution in [0.25, 0.3) is 11.4 Å². The molecule has 0 aliphatic heterocycles. The number of amides is 1. The zero-order valence-corrected chi connectivity index (χ0v) is 19.3. The van der Waals surface area contributed by atoms with E-state index in [0.717, 1.165) is 10.5 Å². The van der Waals surface area contributed by atoms with E-state index >= 15 is 0 Å². The predicted octanol–water partition coefficient (Wildman–Crippen LogP) is 6.31. The summed E-state index contributed by atoms with van der Waals surface area (Å²) in [6.45, 7) is 1.57. The fraction of sp³-hybridized carbons (Fsp3) is 0.304. The highest BCUT2D eigenvalue weighted by molar-refractivity contribution is 9.10. The summed E-state index contributed by atoms with van der Waals surface area (Å²) in [6, 6.07) is 4.44. The molecule has 0 spiro atoms. The van der Waals surface area contributed by atoms with Gasteiger partial charge in [0, 0.05) is 40.1 Å². The summed E-state index contributed by atoms with van der Waals surface area (Å²) in [5.74, 6) is -5.41. The molecule has 1 aliphatic rings. The van der Waals surface area contributed by atoms with E-state index in [2.05, 4.69) is 36.2 Å². The summed E-state index contributed by atoms with van der Waals surface area (Å²) < 4.78 is 70.2. The van der Waals surface area contributed by atoms with Gasteiger partial charge in [0.25, 0.3) is 11.8 Å². The molecule has 0 saturated heterocycles. The number of nitrogens with zero attached hydrogens (tertiary/aromatic N) is 3. The van der Waals surface area contributed by atoms with Crippen LogP contribution < -0.4 is 5.32 Å². The first-order valence-corrected chi connectivity index (χ1v) is 11.1. The maximum absolute atomic E-state index is 14.6. The van der Waals surface area contributed by atoms with Crippen molar-refractivity contribution in [2.75, 3.05) is 0 Å². The standard InChI is InChI=1S/C23H18BrF5N4O/c1-12(19-20(31-7-6-30-19)18-5-4-17(24)11-32-18)33-21(34)13-8-15(22(25,26)14-2-3-14)10-16(9-13)23(27,28)29/h4-12,14H,2-3H2,1H3,(H,33,34)/t12-/m0/s1. The van der Waals surface area contributed by atoms with E-state index in [1.165, 1.54) is 12.4 Å². The molecule has 1 saturated carbocycles. The summed E-state index contributed by atoms with van der Waals surface area (Å²) >= 11 is 3.29. The Bertz CT molecular complexity index is 1210. The van der Waals surface area contributed by atoms with E-state index in [1.807, 2.05) is 0 Å². The van der Waals surface area contributed by atoms with E-state index in [1.54, 1.807) is 25.3 Å². The largest absolute Gasteiger partial charge is 0.416 e. The first-order valence-electron chi connectivity index (χ1n) is 10.3. The van der Waals surface area contributed by atoms with Gasteiger partial charge < -0.3 is 5.32 Å². The molecular formula is C23H18BrF5N4O. The molecular weight excluding hydrogens is 523 g/mol. The SMILES string of the molecule is C[C@H](NC(=O)c1cc(C(F)(F)F)cc(C(F)(F)C2CC2)c1)c1nccnc1-c1ccc(Br)cn1. The van der Waals surface area contributed by atoms with Crippen molar-refractivity contribution in [1.29, 1.82) is 0 Å². The maximum atomic E-state index is 14.6. The van der Waals surface area contributed by atoms with E-state index in [0.29, 0.717) is 29.2 Å². The van der Waals surface area contributed by atoms with Gasteiger partial charge in [-0.3, -0.25) is 19.7 Å². The smallest absolute Gasteiger partial charge is 0.344 e. The van der Waals surface area contributed by atoms with Crippen molar-refractivity contribution < 1.29 is 26.7 Å². The van der Waals surface area contributed by atoms with Crippen molar-refractivity contribution in [1.82, 2.24) is 20.3 Å². The van der Waals surface area contributed by atoms with Crippen LogP contribution in [0.15, 0.2) is 53.4 Å². The molecule has 1 N–H and O–H groups in total. The van der Waals surface area contributed by atoms with Gasteiger partial charge in [-0.15, -0.1) is 0 Å². The lowest BCUT2D eigenvalue weighted by Crippen LogP contribution is -2.29. The van der Waals surface area contributed by atoms with Crippen molar-refractivity contribution in [3.8, 4) is 11.4 Å². The highest BCUT2D eigenvalue weighted by Gasteiger charge is 2.49. The van der Waals surface area contributed by atoms with Gasteiger partial charge in [0.1, 0.15) is 5.69 Å². The molecule has 178 valence electrons. The number of pyridine rings is 1. The van der Waals surface area contributed by atoms with E-state index in [4.69, 9.17) is 0 Å². The monoisotopic (exact) mass is 540 g/mol. The lowest BCUT2D eigenvalue weighted by Gasteiger charge is -2.20. The van der Waals surface area contributed by atoms with Crippen LogP contribution in [-0.2, 0) is 12.1 Å². The Morgan fingerprint density at radius 1 is 1.03 bits per heavy atom. The molecule has 3 aromatic rings. The Kier molecular flexibility index (Phi) is 6.41. The van der Waals surface area contributed by atoms with Gasteiger partial charge in [-0.2, -0.15) is 13.2 Å². The van der Waals surface area contributed by atoms with Crippen LogP contribution in [0.4, 0.5) is 22.0 Å². The number of carbonyl (C=O) groups is 1. The lowest BCUT2D eigenvalue weighted by molar-refractivity contribution is -0.137. The van der Waals surface area contributed by atoms with Crippen molar-refractivity contribution in [2.45, 2.75) is 37.9 Å². The number of halogens is 6. The number of hydrogen-bond acceptors (Lipinski definition) is 4. The molecule has 2 aromatic heterocycles. The Morgan fingerprint density at radius 2 is 1.71 bits per heavy atom. The number of benzene rings is 1. The fourth-order valence-corrected chi connectivity index (χ4v) is 3.76. The van der Waals surface area contributed by atoms with E-state index in [-0.39, 0.29) is 12.8 Å². The second kappa shape index (κ2) is 9.01. The Hall–Kier alpha value is -2.95. The first kappa shape index (κ1) is 24.2. The quantitative estimate of drug-likeness (QED) is 0.372. The van der Waals surface area contributed by atoms with Gasteiger partial charge in [0.05, 0.1) is 23.0 Å². The molecule has 0 radical (unpaired) electrons. The third-order valence-electron chi connectivity index (χ3n) is 5.45. The normalized spacial score (nSPS) is 15.1. The average molecular weight is 541 g/mol. The summed E-state index contributed by atoms with van der Waals surface area (Å²) in [4.78, 5) is 25.6. The number of rotatable bonds is 6. The molecule has 0 bridgehead atoms. The number of nitrogens with one attached hydrogen (secondary N) is 1. The van der Waals surface area contributed by atoms with Crippen LogP contribution in [0.1, 0.15) is 53.0 Å². The number of carbonyl (C=O) groups excluding carboxylic acids is 1. The van der Waals surface area contributed by atoms with Crippen molar-refractivity contribution in [2.24, 2.45) is 5.92 Å². The molecule has 1 amide bonds. The van der Waals surface area contributed by atoms with Crippen LogP contribution in [-0.4, -0.2) is 20.9 Å². The third kappa shape index (κ3) is 5.08. The van der Waals surface area contributed by atoms with Crippen molar-refractivity contribution in [3.63, 3.8) is 0 Å². The molecule has 34 heavy (non-hydrogen) atoms. The van der Waals surface area contributed by atoms with Crippen LogP contribution in [0, 0.1) is 5.92 Å². The number of hydrogen-bond donors (Lipinski definition) is 1. The zero-order chi connectivity index (χ0) is 24.7. The van der Waals surface area contributed by atoms with Crippen molar-refractivity contribution in [3.05, 3.63) is 75.8 Å². The van der Waals surface area contributed by atoms with E-state index < -0.39 is 46.7 Å². The van der Waals surface area contributed by atoms with Crippen LogP contribution in [0.3, 0.4) is 0 Å². The second-order valence-corrected chi connectivity index (χ2v) is 8.96. The third-order valence-corrected chi connectivity index (χ3v) is 5.92. The molecule has 11 heteroatoms. The number of alkyl halides is 5. The number of aromatic nitrogens is 3. The maximum Gasteiger partial charge on any atom is 0.416 e. The van der Waals surface area contributed by atoms with Gasteiger partial charge in [-0.1, -0.05) is 0 Å². The second-order valence-electron chi connectivity index (χ2n) is 8.04. The fourth-order valence-electron chi connectivity index (χ4n) is 3.52. The molecule has 1 atom stereocenters. The van der Waals surface area contributed by atoms with Crippen LogP contribution in [0.5, 0.6) is 0 Å². The summed E-state index contributed by atoms with van der Waals surface area (Å²) in [7, 11) is 0. The molecule has 4 rings (SSSR count). The molecule has 0 unspecified atom stereocenters. The van der Waals surface area contributed by atoms with Crippen molar-refractivity contribution >= 4 is 21.8 Å².